The summed E-state index contributed by atoms with van der Waals surface area (Å²) >= 11 is 0. The molecule has 0 fully saturated rings. The molecule has 0 aromatic heterocycles. The first kappa shape index (κ1) is 12.7. The Labute approximate surface area is 118 Å². The zero-order valence-corrected chi connectivity index (χ0v) is 11.7. The minimum Gasteiger partial charge on any atom is -0.486 e. The van der Waals surface area contributed by atoms with Gasteiger partial charge in [0.1, 0.15) is 13.2 Å². The van der Waals surface area contributed by atoms with Gasteiger partial charge in [0.05, 0.1) is 0 Å². The van der Waals surface area contributed by atoms with Gasteiger partial charge in [0.25, 0.3) is 0 Å². The molecule has 0 amide bonds. The van der Waals surface area contributed by atoms with E-state index in [9.17, 15) is 0 Å². The maximum atomic E-state index is 6.19. The van der Waals surface area contributed by atoms with E-state index in [1.165, 1.54) is 0 Å². The number of benzene rings is 2. The third-order valence-electron chi connectivity index (χ3n) is 3.41. The fraction of sp³-hybridized carbons (Fsp3) is 0.250. The van der Waals surface area contributed by atoms with Gasteiger partial charge in [-0.25, -0.2) is 0 Å². The van der Waals surface area contributed by atoms with E-state index in [0.29, 0.717) is 13.2 Å². The third-order valence-corrected chi connectivity index (χ3v) is 3.41. The Bertz CT molecular complexity index is 653. The molecule has 0 unspecified atom stereocenters. The highest BCUT2D eigenvalue weighted by molar-refractivity contribution is 5.89. The van der Waals surface area contributed by atoms with E-state index < -0.39 is 0 Å². The monoisotopic (exact) mass is 270 g/mol. The van der Waals surface area contributed by atoms with E-state index in [1.807, 2.05) is 38.2 Å². The molecule has 1 aliphatic heterocycles. The highest BCUT2D eigenvalue weighted by Crippen LogP contribution is 2.39. The Hall–Kier alpha value is -2.36. The van der Waals surface area contributed by atoms with Crippen molar-refractivity contribution in [2.24, 2.45) is 0 Å². The molecule has 0 aliphatic carbocycles. The number of ether oxygens (including phenoxy) is 2. The number of hydrogen-bond donors (Lipinski definition) is 2. The summed E-state index contributed by atoms with van der Waals surface area (Å²) < 4.78 is 11.2. The molecule has 0 spiro atoms. The predicted molar refractivity (Wildman–Crippen MR) is 81.6 cm³/mol. The molecule has 3 rings (SSSR count). The highest BCUT2D eigenvalue weighted by atomic mass is 16.6. The van der Waals surface area contributed by atoms with E-state index in [-0.39, 0.29) is 0 Å². The summed E-state index contributed by atoms with van der Waals surface area (Å²) in [7, 11) is 1.90. The van der Waals surface area contributed by atoms with Gasteiger partial charge in [0.15, 0.2) is 11.5 Å². The van der Waals surface area contributed by atoms with Crippen LogP contribution in [0.4, 0.5) is 11.4 Å². The molecule has 0 radical (unpaired) electrons. The molecule has 2 aromatic rings. The number of nitrogens with two attached hydrogens (primary N) is 1. The Kier molecular flexibility index (Phi) is 3.14. The SMILES string of the molecule is CNc1cc(C)cc(N)c1-c1ccc2c(c1)OCCO2. The number of aryl methyl sites for hydroxylation is 1. The molecule has 0 bridgehead atoms. The van der Waals surface area contributed by atoms with Crippen LogP contribution in [-0.4, -0.2) is 20.3 Å². The Morgan fingerprint density at radius 2 is 1.80 bits per heavy atom. The zero-order valence-electron chi connectivity index (χ0n) is 11.7. The topological polar surface area (TPSA) is 56.5 Å². The molecular formula is C16H18N2O2. The Morgan fingerprint density at radius 3 is 2.55 bits per heavy atom. The van der Waals surface area contributed by atoms with Crippen molar-refractivity contribution in [1.82, 2.24) is 0 Å². The number of fused-ring (bicyclic) bond motifs is 1. The van der Waals surface area contributed by atoms with Crippen molar-refractivity contribution in [3.8, 4) is 22.6 Å². The van der Waals surface area contributed by atoms with Gasteiger partial charge in [0.2, 0.25) is 0 Å². The molecule has 0 atom stereocenters. The number of hydrogen-bond acceptors (Lipinski definition) is 4. The lowest BCUT2D eigenvalue weighted by molar-refractivity contribution is 0.171. The molecular weight excluding hydrogens is 252 g/mol. The molecule has 3 N–H and O–H groups in total. The average molecular weight is 270 g/mol. The molecule has 4 heteroatoms. The van der Waals surface area contributed by atoms with Crippen molar-refractivity contribution in [2.75, 3.05) is 31.3 Å². The molecule has 104 valence electrons. The van der Waals surface area contributed by atoms with Crippen molar-refractivity contribution >= 4 is 11.4 Å². The molecule has 1 heterocycles. The number of nitrogen functional groups attached to an aromatic ring is 1. The fourth-order valence-corrected chi connectivity index (χ4v) is 2.53. The lowest BCUT2D eigenvalue weighted by Crippen LogP contribution is -2.15. The minimum atomic E-state index is 0.582. The number of anilines is 2. The van der Waals surface area contributed by atoms with E-state index in [2.05, 4.69) is 11.4 Å². The van der Waals surface area contributed by atoms with E-state index in [0.717, 1.165) is 39.6 Å². The van der Waals surface area contributed by atoms with Crippen molar-refractivity contribution in [3.63, 3.8) is 0 Å². The third kappa shape index (κ3) is 2.13. The first-order valence-electron chi connectivity index (χ1n) is 6.67. The van der Waals surface area contributed by atoms with Crippen LogP contribution in [0.25, 0.3) is 11.1 Å². The molecule has 0 saturated carbocycles. The van der Waals surface area contributed by atoms with Crippen LogP contribution in [0.15, 0.2) is 30.3 Å². The average Bonchev–Trinajstić information content (AvgIpc) is 2.46. The summed E-state index contributed by atoms with van der Waals surface area (Å²) in [5, 5.41) is 3.20. The van der Waals surface area contributed by atoms with Gasteiger partial charge >= 0.3 is 0 Å². The first-order chi connectivity index (χ1) is 9.69. The van der Waals surface area contributed by atoms with Crippen LogP contribution in [0.1, 0.15) is 5.56 Å². The second kappa shape index (κ2) is 4.96. The minimum absolute atomic E-state index is 0.582. The second-order valence-corrected chi connectivity index (χ2v) is 4.89. The summed E-state index contributed by atoms with van der Waals surface area (Å²) in [6.07, 6.45) is 0. The van der Waals surface area contributed by atoms with Crippen molar-refractivity contribution in [3.05, 3.63) is 35.9 Å². The Balaban J connectivity index is 2.13. The largest absolute Gasteiger partial charge is 0.486 e. The molecule has 2 aromatic carbocycles. The molecule has 4 nitrogen and oxygen atoms in total. The standard InChI is InChI=1S/C16H18N2O2/c1-10-7-12(17)16(13(8-10)18-2)11-3-4-14-15(9-11)20-6-5-19-14/h3-4,7-9,18H,5-6,17H2,1-2H3. The smallest absolute Gasteiger partial charge is 0.161 e. The summed E-state index contributed by atoms with van der Waals surface area (Å²) in [5.74, 6) is 1.56. The maximum Gasteiger partial charge on any atom is 0.161 e. The van der Waals surface area contributed by atoms with Gasteiger partial charge in [0, 0.05) is 24.0 Å². The quantitative estimate of drug-likeness (QED) is 0.823. The second-order valence-electron chi connectivity index (χ2n) is 4.89. The van der Waals surface area contributed by atoms with Gasteiger partial charge in [-0.15, -0.1) is 0 Å². The fourth-order valence-electron chi connectivity index (χ4n) is 2.53. The molecule has 1 aliphatic rings. The maximum absolute atomic E-state index is 6.19. The normalized spacial score (nSPS) is 13.1. The van der Waals surface area contributed by atoms with Crippen molar-refractivity contribution in [1.29, 1.82) is 0 Å². The van der Waals surface area contributed by atoms with Gasteiger partial charge in [-0.2, -0.15) is 0 Å². The Morgan fingerprint density at radius 1 is 1.05 bits per heavy atom. The number of nitrogens with one attached hydrogen (secondary N) is 1. The van der Waals surface area contributed by atoms with Gasteiger partial charge in [-0.1, -0.05) is 6.07 Å². The lowest BCUT2D eigenvalue weighted by Gasteiger charge is -2.20. The van der Waals surface area contributed by atoms with Crippen LogP contribution in [0.3, 0.4) is 0 Å². The summed E-state index contributed by atoms with van der Waals surface area (Å²) in [6, 6.07) is 9.99. The van der Waals surface area contributed by atoms with Gasteiger partial charge in [-0.3, -0.25) is 0 Å². The highest BCUT2D eigenvalue weighted by Gasteiger charge is 2.15. The summed E-state index contributed by atoms with van der Waals surface area (Å²) in [6.45, 7) is 3.21. The van der Waals surface area contributed by atoms with Crippen LogP contribution >= 0.6 is 0 Å². The van der Waals surface area contributed by atoms with Gasteiger partial charge in [-0.05, 0) is 42.3 Å². The molecule has 0 saturated heterocycles. The summed E-state index contributed by atoms with van der Waals surface area (Å²) in [5.41, 5.74) is 11.1. The zero-order chi connectivity index (χ0) is 14.1. The van der Waals surface area contributed by atoms with Crippen LogP contribution in [0, 0.1) is 6.92 Å². The van der Waals surface area contributed by atoms with E-state index in [1.54, 1.807) is 0 Å². The van der Waals surface area contributed by atoms with E-state index in [4.69, 9.17) is 15.2 Å². The van der Waals surface area contributed by atoms with Gasteiger partial charge < -0.3 is 20.5 Å². The molecule has 20 heavy (non-hydrogen) atoms. The number of rotatable bonds is 2. The predicted octanol–water partition coefficient (Wildman–Crippen LogP) is 3.06. The summed E-state index contributed by atoms with van der Waals surface area (Å²) in [4.78, 5) is 0. The van der Waals surface area contributed by atoms with Crippen LogP contribution in [0.5, 0.6) is 11.5 Å². The first-order valence-corrected chi connectivity index (χ1v) is 6.67. The van der Waals surface area contributed by atoms with Crippen LogP contribution in [-0.2, 0) is 0 Å². The van der Waals surface area contributed by atoms with Crippen LogP contribution in [0.2, 0.25) is 0 Å². The van der Waals surface area contributed by atoms with E-state index >= 15 is 0 Å². The van der Waals surface area contributed by atoms with Crippen LogP contribution < -0.4 is 20.5 Å². The lowest BCUT2D eigenvalue weighted by atomic mass is 9.99. The van der Waals surface area contributed by atoms with Crippen molar-refractivity contribution in [2.45, 2.75) is 6.92 Å². The van der Waals surface area contributed by atoms with Crippen molar-refractivity contribution < 1.29 is 9.47 Å².